The Balaban J connectivity index is 1.54. The molecule has 3 nitrogen and oxygen atoms in total. The monoisotopic (exact) mass is 581 g/mol. The van der Waals surface area contributed by atoms with E-state index in [2.05, 4.69) is 77.8 Å². The van der Waals surface area contributed by atoms with Gasteiger partial charge in [0, 0.05) is 0 Å². The Morgan fingerprint density at radius 2 is 1.37 bits per heavy atom. The summed E-state index contributed by atoms with van der Waals surface area (Å²) in [7, 11) is 0. The van der Waals surface area contributed by atoms with E-state index < -0.39 is 23.6 Å². The maximum absolute atomic E-state index is 6.40. The average molecular weight is 581 g/mol. The molecular formula is C26H16N2OPo. The van der Waals surface area contributed by atoms with Gasteiger partial charge in [-0.25, -0.2) is 0 Å². The molecule has 1 aliphatic rings. The Kier molecular flexibility index (Phi) is 4.32. The predicted octanol–water partition coefficient (Wildman–Crippen LogP) is 4.72. The van der Waals surface area contributed by atoms with E-state index in [-0.39, 0.29) is 0 Å². The second kappa shape index (κ2) is 7.31. The van der Waals surface area contributed by atoms with Gasteiger partial charge in [-0.15, -0.1) is 0 Å². The Bertz CT molecular complexity index is 1390. The quantitative estimate of drug-likeness (QED) is 0.297. The van der Waals surface area contributed by atoms with Crippen molar-refractivity contribution >= 4 is 40.8 Å². The third-order valence-corrected chi connectivity index (χ3v) is 10.1. The van der Waals surface area contributed by atoms with Gasteiger partial charge < -0.3 is 0 Å². The van der Waals surface area contributed by atoms with E-state index in [9.17, 15) is 0 Å². The summed E-state index contributed by atoms with van der Waals surface area (Å²) in [5.41, 5.74) is 4.41. The Labute approximate surface area is 186 Å². The fourth-order valence-electron chi connectivity index (χ4n) is 3.87. The van der Waals surface area contributed by atoms with Crippen molar-refractivity contribution in [2.75, 3.05) is 0 Å². The van der Waals surface area contributed by atoms with Crippen molar-refractivity contribution in [3.8, 4) is 34.0 Å². The number of aromatic nitrogens is 2. The van der Waals surface area contributed by atoms with E-state index in [0.717, 1.165) is 22.9 Å². The standard InChI is InChI=1S/C26H16N2O.Po/c1-2-12-24-19(7-1)14-16-28-26(24)21-9-6-11-23(18-21)29-22-10-5-8-20(17-22)25-13-3-4-15-27-25;/h1-16H;. The summed E-state index contributed by atoms with van der Waals surface area (Å²) in [6.07, 6.45) is 3.75. The Hall–Kier alpha value is -3.08. The first-order valence-corrected chi connectivity index (χ1v) is 12.9. The average Bonchev–Trinajstić information content (AvgIpc) is 2.82. The second-order valence-electron chi connectivity index (χ2n) is 7.07. The van der Waals surface area contributed by atoms with Gasteiger partial charge in [0.05, 0.1) is 0 Å². The van der Waals surface area contributed by atoms with Crippen LogP contribution in [0.25, 0.3) is 33.3 Å². The van der Waals surface area contributed by atoms with Crippen LogP contribution in [0.3, 0.4) is 0 Å². The molecule has 0 N–H and O–H groups in total. The van der Waals surface area contributed by atoms with Crippen LogP contribution in [0.2, 0.25) is 0 Å². The van der Waals surface area contributed by atoms with Crippen molar-refractivity contribution in [1.29, 1.82) is 0 Å². The molecule has 0 fully saturated rings. The zero-order valence-electron chi connectivity index (χ0n) is 15.9. The van der Waals surface area contributed by atoms with Crippen LogP contribution >= 0.6 is 0 Å². The van der Waals surface area contributed by atoms with E-state index in [1.807, 2.05) is 24.5 Å². The zero-order chi connectivity index (χ0) is 19.9. The molecule has 4 heteroatoms. The number of benzene rings is 3. The summed E-state index contributed by atoms with van der Waals surface area (Å²) in [5.74, 6) is 1.94. The van der Waals surface area contributed by atoms with Gasteiger partial charge in [-0.1, -0.05) is 0 Å². The van der Waals surface area contributed by atoms with Crippen LogP contribution in [0.5, 0.6) is 11.5 Å². The van der Waals surface area contributed by atoms with E-state index in [0.29, 0.717) is 0 Å². The van der Waals surface area contributed by atoms with Crippen LogP contribution in [-0.2, 0) is 0 Å². The maximum atomic E-state index is 6.40. The number of fused-ring (bicyclic) bond motifs is 3. The minimum atomic E-state index is -1.13. The molecule has 30 heavy (non-hydrogen) atoms. The van der Waals surface area contributed by atoms with Crippen LogP contribution in [0.1, 0.15) is 0 Å². The molecule has 0 aliphatic carbocycles. The fraction of sp³-hybridized carbons (Fsp3) is 0. The number of nitrogens with zero attached hydrogens (tertiary/aromatic N) is 2. The van der Waals surface area contributed by atoms with E-state index in [1.54, 1.807) is 0 Å². The van der Waals surface area contributed by atoms with Crippen LogP contribution in [0.4, 0.5) is 0 Å². The minimum absolute atomic E-state index is 0.970. The first-order valence-electron chi connectivity index (χ1n) is 9.76. The van der Waals surface area contributed by atoms with Gasteiger partial charge in [-0.05, 0) is 0 Å². The number of rotatable bonds is 2. The second-order valence-corrected chi connectivity index (χ2v) is 11.0. The summed E-state index contributed by atoms with van der Waals surface area (Å²) in [6.45, 7) is 0. The van der Waals surface area contributed by atoms with Crippen molar-refractivity contribution in [1.82, 2.24) is 9.97 Å². The summed E-state index contributed by atoms with van der Waals surface area (Å²) < 4.78 is 9.06. The third kappa shape index (κ3) is 2.92. The van der Waals surface area contributed by atoms with E-state index >= 15 is 0 Å². The number of pyridine rings is 2. The van der Waals surface area contributed by atoms with Gasteiger partial charge in [0.1, 0.15) is 0 Å². The van der Waals surface area contributed by atoms with E-state index in [4.69, 9.17) is 9.72 Å². The molecule has 142 valence electrons. The van der Waals surface area contributed by atoms with Crippen LogP contribution in [0, 0.1) is 0 Å². The van der Waals surface area contributed by atoms with Crippen molar-refractivity contribution in [2.24, 2.45) is 0 Å². The molecule has 0 saturated carbocycles. The number of ether oxygens (including phenoxy) is 1. The van der Waals surface area contributed by atoms with Gasteiger partial charge in [0.25, 0.3) is 0 Å². The number of hydrogen-bond acceptors (Lipinski definition) is 3. The van der Waals surface area contributed by atoms with Crippen molar-refractivity contribution in [2.45, 2.75) is 0 Å². The molecule has 3 aromatic carbocycles. The molecule has 0 saturated heterocycles. The van der Waals surface area contributed by atoms with Crippen LogP contribution in [0.15, 0.2) is 97.3 Å². The summed E-state index contributed by atoms with van der Waals surface area (Å²) in [6, 6.07) is 29.2. The molecule has 2 aromatic heterocycles. The molecule has 0 bridgehead atoms. The third-order valence-electron chi connectivity index (χ3n) is 5.25. The fourth-order valence-corrected chi connectivity index (χ4v) is 8.46. The SMILES string of the molecule is c1ccc(-c2cccc3[c]2[Po][c]2c(cccc2-c2nccc4ccccc24)O3)nc1. The van der Waals surface area contributed by atoms with E-state index in [1.165, 1.54) is 28.3 Å². The zero-order valence-corrected chi connectivity index (χ0v) is 19.1. The normalized spacial score (nSPS) is 12.1. The topological polar surface area (TPSA) is 35.0 Å². The van der Waals surface area contributed by atoms with Crippen LogP contribution in [-0.4, -0.2) is 33.5 Å². The van der Waals surface area contributed by atoms with Crippen LogP contribution < -0.4 is 11.2 Å². The summed E-state index contributed by atoms with van der Waals surface area (Å²) in [4.78, 5) is 9.37. The first kappa shape index (κ1) is 17.7. The van der Waals surface area contributed by atoms with Crippen molar-refractivity contribution < 1.29 is 4.74 Å². The molecule has 0 amide bonds. The van der Waals surface area contributed by atoms with Gasteiger partial charge in [-0.3, -0.25) is 0 Å². The van der Waals surface area contributed by atoms with Gasteiger partial charge in [-0.2, -0.15) is 0 Å². The van der Waals surface area contributed by atoms with Gasteiger partial charge in [0.2, 0.25) is 0 Å². The molecule has 3 heterocycles. The molecule has 6 rings (SSSR count). The Morgan fingerprint density at radius 1 is 0.600 bits per heavy atom. The van der Waals surface area contributed by atoms with Crippen molar-refractivity contribution in [3.05, 3.63) is 97.3 Å². The van der Waals surface area contributed by atoms with Gasteiger partial charge in [0.15, 0.2) is 0 Å². The molecular weight excluding hydrogens is 565 g/mol. The summed E-state index contributed by atoms with van der Waals surface area (Å²) in [5, 5.41) is 2.38. The Morgan fingerprint density at radius 3 is 2.20 bits per heavy atom. The molecule has 1 aliphatic heterocycles. The molecule has 0 unspecified atom stereocenters. The van der Waals surface area contributed by atoms with Crippen molar-refractivity contribution in [3.63, 3.8) is 0 Å². The summed E-state index contributed by atoms with van der Waals surface area (Å²) >= 11 is -1.13. The molecule has 0 radical (unpaired) electrons. The predicted molar refractivity (Wildman–Crippen MR) is 122 cm³/mol. The van der Waals surface area contributed by atoms with Gasteiger partial charge >= 0.3 is 187 Å². The first-order chi connectivity index (χ1) is 14.9. The molecule has 0 atom stereocenters. The number of hydrogen-bond donors (Lipinski definition) is 0. The molecule has 0 spiro atoms. The molecule has 5 aromatic rings.